The van der Waals surface area contributed by atoms with E-state index < -0.39 is 5.60 Å². The Morgan fingerprint density at radius 2 is 2.00 bits per heavy atom. The molecule has 1 aliphatic carbocycles. The lowest BCUT2D eigenvalue weighted by Crippen LogP contribution is -2.43. The number of ether oxygens (including phenoxy) is 1. The molecular weight excluding hydrogens is 288 g/mol. The first-order chi connectivity index (χ1) is 10.9. The van der Waals surface area contributed by atoms with Gasteiger partial charge in [0, 0.05) is 25.7 Å². The quantitative estimate of drug-likeness (QED) is 0.905. The van der Waals surface area contributed by atoms with E-state index in [-0.39, 0.29) is 6.09 Å². The molecule has 0 heterocycles. The number of carbonyl (C=O) groups excluding carboxylic acids is 1. The van der Waals surface area contributed by atoms with Crippen LogP contribution in [0.15, 0.2) is 24.3 Å². The van der Waals surface area contributed by atoms with Crippen LogP contribution in [0.5, 0.6) is 0 Å². The standard InChI is InChI=1S/C19H30N2O2/c1-5-21(18(22)23-19(2,3)4)13-12-20-17-11-10-15-8-6-7-9-16(15)14-17/h6-9,17,20H,5,10-14H2,1-4H3. The van der Waals surface area contributed by atoms with Crippen LogP contribution in [0.4, 0.5) is 4.79 Å². The molecule has 4 nitrogen and oxygen atoms in total. The summed E-state index contributed by atoms with van der Waals surface area (Å²) in [6.07, 6.45) is 3.15. The number of hydrogen-bond acceptors (Lipinski definition) is 3. The van der Waals surface area contributed by atoms with Crippen molar-refractivity contribution >= 4 is 6.09 Å². The van der Waals surface area contributed by atoms with Crippen molar-refractivity contribution in [3.05, 3.63) is 35.4 Å². The fourth-order valence-corrected chi connectivity index (χ4v) is 2.98. The van der Waals surface area contributed by atoms with Crippen molar-refractivity contribution in [2.24, 2.45) is 0 Å². The molecule has 1 atom stereocenters. The monoisotopic (exact) mass is 318 g/mol. The maximum Gasteiger partial charge on any atom is 0.410 e. The molecule has 0 spiro atoms. The summed E-state index contributed by atoms with van der Waals surface area (Å²) in [6.45, 7) is 9.84. The van der Waals surface area contributed by atoms with Crippen LogP contribution in [0.1, 0.15) is 45.2 Å². The normalized spacial score (nSPS) is 17.5. The first-order valence-corrected chi connectivity index (χ1v) is 8.67. The van der Waals surface area contributed by atoms with Crippen LogP contribution in [0.2, 0.25) is 0 Å². The van der Waals surface area contributed by atoms with Crippen molar-refractivity contribution in [1.82, 2.24) is 10.2 Å². The number of benzene rings is 1. The van der Waals surface area contributed by atoms with Gasteiger partial charge >= 0.3 is 6.09 Å². The number of fused-ring (bicyclic) bond motifs is 1. The molecule has 4 heteroatoms. The summed E-state index contributed by atoms with van der Waals surface area (Å²) >= 11 is 0. The molecule has 0 fully saturated rings. The van der Waals surface area contributed by atoms with Gasteiger partial charge in [0.25, 0.3) is 0 Å². The first-order valence-electron chi connectivity index (χ1n) is 8.67. The minimum absolute atomic E-state index is 0.226. The molecule has 1 amide bonds. The predicted octanol–water partition coefficient (Wildman–Crippen LogP) is 3.39. The van der Waals surface area contributed by atoms with Gasteiger partial charge in [-0.25, -0.2) is 4.79 Å². The Morgan fingerprint density at radius 1 is 1.30 bits per heavy atom. The summed E-state index contributed by atoms with van der Waals surface area (Å²) in [5, 5.41) is 3.60. The average molecular weight is 318 g/mol. The number of hydrogen-bond donors (Lipinski definition) is 1. The molecule has 128 valence electrons. The van der Waals surface area contributed by atoms with E-state index in [2.05, 4.69) is 29.6 Å². The van der Waals surface area contributed by atoms with Gasteiger partial charge in [0.2, 0.25) is 0 Å². The number of aryl methyl sites for hydroxylation is 1. The van der Waals surface area contributed by atoms with Gasteiger partial charge in [0.1, 0.15) is 5.60 Å². The highest BCUT2D eigenvalue weighted by Crippen LogP contribution is 2.20. The molecule has 0 aromatic heterocycles. The number of likely N-dealkylation sites (N-methyl/N-ethyl adjacent to an activating group) is 1. The highest BCUT2D eigenvalue weighted by molar-refractivity contribution is 5.68. The third-order valence-corrected chi connectivity index (χ3v) is 4.19. The molecular formula is C19H30N2O2. The van der Waals surface area contributed by atoms with E-state index in [0.717, 1.165) is 25.8 Å². The van der Waals surface area contributed by atoms with Crippen molar-refractivity contribution in [3.8, 4) is 0 Å². The maximum atomic E-state index is 12.1. The molecule has 0 aliphatic heterocycles. The third kappa shape index (κ3) is 5.54. The number of nitrogens with zero attached hydrogens (tertiary/aromatic N) is 1. The van der Waals surface area contributed by atoms with Gasteiger partial charge in [0.15, 0.2) is 0 Å². The fraction of sp³-hybridized carbons (Fsp3) is 0.632. The van der Waals surface area contributed by atoms with Crippen molar-refractivity contribution < 1.29 is 9.53 Å². The van der Waals surface area contributed by atoms with Crippen LogP contribution < -0.4 is 5.32 Å². The summed E-state index contributed by atoms with van der Waals surface area (Å²) in [5.41, 5.74) is 2.50. The molecule has 2 rings (SSSR count). The van der Waals surface area contributed by atoms with Gasteiger partial charge in [-0.3, -0.25) is 0 Å². The third-order valence-electron chi connectivity index (χ3n) is 4.19. The molecule has 0 bridgehead atoms. The van der Waals surface area contributed by atoms with Crippen LogP contribution >= 0.6 is 0 Å². The first kappa shape index (κ1) is 17.8. The van der Waals surface area contributed by atoms with E-state index in [1.165, 1.54) is 11.1 Å². The zero-order valence-corrected chi connectivity index (χ0v) is 14.9. The minimum atomic E-state index is -0.439. The topological polar surface area (TPSA) is 41.6 Å². The molecule has 1 aliphatic rings. The maximum absolute atomic E-state index is 12.1. The fourth-order valence-electron chi connectivity index (χ4n) is 2.98. The van der Waals surface area contributed by atoms with Gasteiger partial charge in [-0.2, -0.15) is 0 Å². The van der Waals surface area contributed by atoms with E-state index in [9.17, 15) is 4.79 Å². The lowest BCUT2D eigenvalue weighted by molar-refractivity contribution is 0.0260. The number of amides is 1. The van der Waals surface area contributed by atoms with E-state index >= 15 is 0 Å². The Labute approximate surface area is 140 Å². The molecule has 1 unspecified atom stereocenters. The summed E-state index contributed by atoms with van der Waals surface area (Å²) in [4.78, 5) is 13.9. The van der Waals surface area contributed by atoms with Gasteiger partial charge in [-0.15, -0.1) is 0 Å². The van der Waals surface area contributed by atoms with Gasteiger partial charge in [-0.1, -0.05) is 24.3 Å². The van der Waals surface area contributed by atoms with Crippen LogP contribution in [0, 0.1) is 0 Å². The smallest absolute Gasteiger partial charge is 0.410 e. The summed E-state index contributed by atoms with van der Waals surface area (Å²) in [6, 6.07) is 9.19. The zero-order valence-electron chi connectivity index (χ0n) is 14.9. The minimum Gasteiger partial charge on any atom is -0.444 e. The number of rotatable bonds is 5. The van der Waals surface area contributed by atoms with Crippen LogP contribution in [-0.4, -0.2) is 42.3 Å². The second kappa shape index (κ2) is 7.82. The highest BCUT2D eigenvalue weighted by atomic mass is 16.6. The molecule has 1 aromatic rings. The molecule has 0 saturated heterocycles. The SMILES string of the molecule is CCN(CCNC1CCc2ccccc2C1)C(=O)OC(C)(C)C. The van der Waals surface area contributed by atoms with E-state index in [4.69, 9.17) is 4.74 Å². The van der Waals surface area contributed by atoms with Crippen molar-refractivity contribution in [3.63, 3.8) is 0 Å². The van der Waals surface area contributed by atoms with Crippen LogP contribution in [0.3, 0.4) is 0 Å². The van der Waals surface area contributed by atoms with Gasteiger partial charge in [-0.05, 0) is 58.1 Å². The zero-order chi connectivity index (χ0) is 16.9. The Bertz CT molecular complexity index is 522. The average Bonchev–Trinajstić information content (AvgIpc) is 2.49. The molecule has 23 heavy (non-hydrogen) atoms. The lowest BCUT2D eigenvalue weighted by Gasteiger charge is -2.29. The van der Waals surface area contributed by atoms with Gasteiger partial charge < -0.3 is 15.0 Å². The van der Waals surface area contributed by atoms with Crippen molar-refractivity contribution in [2.45, 2.75) is 58.6 Å². The van der Waals surface area contributed by atoms with Crippen molar-refractivity contribution in [1.29, 1.82) is 0 Å². The molecule has 1 N–H and O–H groups in total. The Morgan fingerprint density at radius 3 is 2.65 bits per heavy atom. The van der Waals surface area contributed by atoms with E-state index in [0.29, 0.717) is 19.1 Å². The molecule has 0 radical (unpaired) electrons. The second-order valence-corrected chi connectivity index (χ2v) is 7.22. The second-order valence-electron chi connectivity index (χ2n) is 7.22. The largest absolute Gasteiger partial charge is 0.444 e. The van der Waals surface area contributed by atoms with Gasteiger partial charge in [0.05, 0.1) is 0 Å². The highest BCUT2D eigenvalue weighted by Gasteiger charge is 2.22. The lowest BCUT2D eigenvalue weighted by atomic mass is 9.88. The Hall–Kier alpha value is -1.55. The van der Waals surface area contributed by atoms with Crippen LogP contribution in [-0.2, 0) is 17.6 Å². The summed E-state index contributed by atoms with van der Waals surface area (Å²) in [5.74, 6) is 0. The number of carbonyl (C=O) groups is 1. The van der Waals surface area contributed by atoms with Crippen molar-refractivity contribution in [2.75, 3.05) is 19.6 Å². The number of nitrogens with one attached hydrogen (secondary N) is 1. The summed E-state index contributed by atoms with van der Waals surface area (Å²) < 4.78 is 5.44. The summed E-state index contributed by atoms with van der Waals surface area (Å²) in [7, 11) is 0. The van der Waals surface area contributed by atoms with Crippen LogP contribution in [0.25, 0.3) is 0 Å². The predicted molar refractivity (Wildman–Crippen MR) is 93.7 cm³/mol. The van der Waals surface area contributed by atoms with E-state index in [1.807, 2.05) is 27.7 Å². The Kier molecular flexibility index (Phi) is 6.05. The molecule has 1 aromatic carbocycles. The molecule has 0 saturated carbocycles. The Balaban J connectivity index is 1.77. The van der Waals surface area contributed by atoms with E-state index in [1.54, 1.807) is 4.90 Å².